The van der Waals surface area contributed by atoms with Crippen molar-refractivity contribution in [3.63, 3.8) is 0 Å². The lowest BCUT2D eigenvalue weighted by molar-refractivity contribution is 0.113. The van der Waals surface area contributed by atoms with Gasteiger partial charge in [-0.15, -0.1) is 0 Å². The number of hydrogen-bond acceptors (Lipinski definition) is 3. The lowest BCUT2D eigenvalue weighted by atomic mass is 9.81. The van der Waals surface area contributed by atoms with Gasteiger partial charge in [0, 0.05) is 6.61 Å². The Labute approximate surface area is 98.2 Å². The molecule has 94 valence electrons. The second-order valence-electron chi connectivity index (χ2n) is 5.99. The molecule has 0 aromatic heterocycles. The van der Waals surface area contributed by atoms with Crippen LogP contribution >= 0.6 is 0 Å². The molecular formula is C12H22O3S. The Hall–Kier alpha value is -0.0900. The fourth-order valence-electron chi connectivity index (χ4n) is 3.01. The molecule has 0 aromatic rings. The predicted molar refractivity (Wildman–Crippen MR) is 63.9 cm³/mol. The molecule has 0 amide bonds. The molecule has 2 unspecified atom stereocenters. The van der Waals surface area contributed by atoms with Crippen molar-refractivity contribution in [2.75, 3.05) is 12.4 Å². The van der Waals surface area contributed by atoms with Crippen molar-refractivity contribution in [2.45, 2.75) is 44.8 Å². The summed E-state index contributed by atoms with van der Waals surface area (Å²) in [6.45, 7) is 3.62. The van der Waals surface area contributed by atoms with E-state index in [0.29, 0.717) is 6.42 Å². The number of sulfone groups is 1. The second-order valence-corrected chi connectivity index (χ2v) is 8.66. The summed E-state index contributed by atoms with van der Waals surface area (Å²) in [5, 5.41) is 9.20. The van der Waals surface area contributed by atoms with Crippen LogP contribution in [0.3, 0.4) is 0 Å². The highest BCUT2D eigenvalue weighted by molar-refractivity contribution is 7.91. The molecule has 2 saturated carbocycles. The third-order valence-corrected chi connectivity index (χ3v) is 6.64. The van der Waals surface area contributed by atoms with E-state index in [1.807, 2.05) is 0 Å². The highest BCUT2D eigenvalue weighted by Gasteiger charge is 2.53. The molecular weight excluding hydrogens is 224 g/mol. The van der Waals surface area contributed by atoms with Crippen molar-refractivity contribution < 1.29 is 13.5 Å². The normalized spacial score (nSPS) is 37.8. The van der Waals surface area contributed by atoms with Crippen LogP contribution in [0.1, 0.15) is 39.5 Å². The molecule has 3 nitrogen and oxygen atoms in total. The van der Waals surface area contributed by atoms with E-state index in [-0.39, 0.29) is 23.0 Å². The fourth-order valence-corrected chi connectivity index (χ4v) is 4.20. The van der Waals surface area contributed by atoms with E-state index in [0.717, 1.165) is 24.7 Å². The summed E-state index contributed by atoms with van der Waals surface area (Å²) < 4.78 is 23.5. The van der Waals surface area contributed by atoms with E-state index >= 15 is 0 Å². The number of rotatable bonds is 5. The second kappa shape index (κ2) is 3.98. The fraction of sp³-hybridized carbons (Fsp3) is 1.00. The van der Waals surface area contributed by atoms with E-state index < -0.39 is 9.84 Å². The standard InChI is InChI=1S/C12H22O3S/c1-9(2)16(14,15)4-3-12(8-13)6-10-5-11(10)7-12/h9-11,13H,3-8H2,1-2H3. The lowest BCUT2D eigenvalue weighted by Gasteiger charge is -2.28. The minimum absolute atomic E-state index is 0.0739. The van der Waals surface area contributed by atoms with Gasteiger partial charge in [0.15, 0.2) is 9.84 Å². The van der Waals surface area contributed by atoms with E-state index in [1.54, 1.807) is 13.8 Å². The Balaban J connectivity index is 1.94. The van der Waals surface area contributed by atoms with Crippen LogP contribution in [0.2, 0.25) is 0 Å². The Kier molecular flexibility index (Phi) is 3.08. The van der Waals surface area contributed by atoms with Gasteiger partial charge in [-0.2, -0.15) is 0 Å². The van der Waals surface area contributed by atoms with Gasteiger partial charge < -0.3 is 5.11 Å². The third-order valence-electron chi connectivity index (χ3n) is 4.43. The highest BCUT2D eigenvalue weighted by atomic mass is 32.2. The lowest BCUT2D eigenvalue weighted by Crippen LogP contribution is -2.29. The summed E-state index contributed by atoms with van der Waals surface area (Å²) in [5.74, 6) is 1.81. The van der Waals surface area contributed by atoms with Gasteiger partial charge in [0.2, 0.25) is 0 Å². The molecule has 2 fully saturated rings. The van der Waals surface area contributed by atoms with Crippen molar-refractivity contribution in [3.8, 4) is 0 Å². The largest absolute Gasteiger partial charge is 0.396 e. The Bertz CT molecular complexity index is 348. The molecule has 2 rings (SSSR count). The van der Waals surface area contributed by atoms with Gasteiger partial charge in [0.25, 0.3) is 0 Å². The summed E-state index contributed by atoms with van der Waals surface area (Å²) in [5.41, 5.74) is -0.0739. The molecule has 16 heavy (non-hydrogen) atoms. The molecule has 0 aliphatic heterocycles. The molecule has 2 aliphatic rings. The Morgan fingerprint density at radius 1 is 1.31 bits per heavy atom. The van der Waals surface area contributed by atoms with Gasteiger partial charge >= 0.3 is 0 Å². The molecule has 0 spiro atoms. The maximum Gasteiger partial charge on any atom is 0.152 e. The van der Waals surface area contributed by atoms with Crippen LogP contribution in [0.25, 0.3) is 0 Å². The molecule has 1 N–H and O–H groups in total. The summed E-state index contributed by atoms with van der Waals surface area (Å²) >= 11 is 0. The first-order chi connectivity index (χ1) is 7.38. The molecule has 4 heteroatoms. The van der Waals surface area contributed by atoms with E-state index in [9.17, 15) is 13.5 Å². The van der Waals surface area contributed by atoms with Crippen LogP contribution in [0.15, 0.2) is 0 Å². The zero-order valence-electron chi connectivity index (χ0n) is 10.1. The zero-order valence-corrected chi connectivity index (χ0v) is 11.0. The van der Waals surface area contributed by atoms with Crippen LogP contribution in [-0.4, -0.2) is 31.1 Å². The van der Waals surface area contributed by atoms with Crippen molar-refractivity contribution in [1.29, 1.82) is 0 Å². The van der Waals surface area contributed by atoms with E-state index in [2.05, 4.69) is 0 Å². The minimum Gasteiger partial charge on any atom is -0.396 e. The number of aliphatic hydroxyl groups excluding tert-OH is 1. The van der Waals surface area contributed by atoms with Crippen molar-refractivity contribution >= 4 is 9.84 Å². The van der Waals surface area contributed by atoms with Crippen LogP contribution in [0.4, 0.5) is 0 Å². The SMILES string of the molecule is CC(C)S(=O)(=O)CCC1(CO)CC2CC2C1. The van der Waals surface area contributed by atoms with Crippen LogP contribution < -0.4 is 0 Å². The molecule has 2 atom stereocenters. The first-order valence-electron chi connectivity index (χ1n) is 6.21. The average Bonchev–Trinajstić information content (AvgIpc) is 2.84. The topological polar surface area (TPSA) is 54.4 Å². The quantitative estimate of drug-likeness (QED) is 0.802. The maximum absolute atomic E-state index is 11.8. The number of fused-ring (bicyclic) bond motifs is 1. The number of aliphatic hydroxyl groups is 1. The highest BCUT2D eigenvalue weighted by Crippen LogP contribution is 2.60. The molecule has 2 aliphatic carbocycles. The monoisotopic (exact) mass is 246 g/mol. The van der Waals surface area contributed by atoms with Crippen LogP contribution in [0, 0.1) is 17.3 Å². The molecule has 0 heterocycles. The van der Waals surface area contributed by atoms with Gasteiger partial charge in [0.05, 0.1) is 11.0 Å². The smallest absolute Gasteiger partial charge is 0.152 e. The van der Waals surface area contributed by atoms with Gasteiger partial charge in [0.1, 0.15) is 0 Å². The molecule has 0 aromatic carbocycles. The Morgan fingerprint density at radius 3 is 2.31 bits per heavy atom. The van der Waals surface area contributed by atoms with Crippen molar-refractivity contribution in [2.24, 2.45) is 17.3 Å². The van der Waals surface area contributed by atoms with Gasteiger partial charge in [-0.3, -0.25) is 0 Å². The minimum atomic E-state index is -2.95. The van der Waals surface area contributed by atoms with Crippen LogP contribution in [0.5, 0.6) is 0 Å². The summed E-state index contributed by atoms with van der Waals surface area (Å²) in [6.07, 6.45) is 4.04. The first-order valence-corrected chi connectivity index (χ1v) is 7.92. The van der Waals surface area contributed by atoms with Crippen LogP contribution in [-0.2, 0) is 9.84 Å². The van der Waals surface area contributed by atoms with Crippen molar-refractivity contribution in [1.82, 2.24) is 0 Å². The van der Waals surface area contributed by atoms with E-state index in [4.69, 9.17) is 0 Å². The molecule has 0 radical (unpaired) electrons. The summed E-state index contributed by atoms with van der Waals surface area (Å²) in [7, 11) is -2.95. The summed E-state index contributed by atoms with van der Waals surface area (Å²) in [4.78, 5) is 0. The molecule has 0 bridgehead atoms. The maximum atomic E-state index is 11.8. The van der Waals surface area contributed by atoms with Gasteiger partial charge in [-0.1, -0.05) is 0 Å². The zero-order chi connectivity index (χ0) is 12.0. The van der Waals surface area contributed by atoms with Gasteiger partial charge in [-0.05, 0) is 56.8 Å². The first kappa shape index (κ1) is 12.4. The molecule has 0 saturated heterocycles. The predicted octanol–water partition coefficient (Wildman–Crippen LogP) is 1.61. The van der Waals surface area contributed by atoms with Gasteiger partial charge in [-0.25, -0.2) is 8.42 Å². The third kappa shape index (κ3) is 2.28. The van der Waals surface area contributed by atoms with E-state index in [1.165, 1.54) is 6.42 Å². The summed E-state index contributed by atoms with van der Waals surface area (Å²) in [6, 6.07) is 0. The Morgan fingerprint density at radius 2 is 1.88 bits per heavy atom. The number of hydrogen-bond donors (Lipinski definition) is 1. The van der Waals surface area contributed by atoms with Crippen molar-refractivity contribution in [3.05, 3.63) is 0 Å². The average molecular weight is 246 g/mol.